The van der Waals surface area contributed by atoms with Crippen LogP contribution in [0.2, 0.25) is 18.1 Å². The fourth-order valence-electron chi connectivity index (χ4n) is 6.32. The molecule has 6 atom stereocenters. The molecule has 41 heavy (non-hydrogen) atoms. The van der Waals surface area contributed by atoms with Crippen LogP contribution in [0.1, 0.15) is 57.2 Å². The van der Waals surface area contributed by atoms with Gasteiger partial charge in [-0.2, -0.15) is 4.31 Å². The van der Waals surface area contributed by atoms with Gasteiger partial charge in [-0.15, -0.1) is 0 Å². The lowest BCUT2D eigenvalue weighted by atomic mass is 9.70. The summed E-state index contributed by atoms with van der Waals surface area (Å²) < 4.78 is 61.4. The van der Waals surface area contributed by atoms with Gasteiger partial charge in [-0.1, -0.05) is 38.5 Å². The standard InChI is InChI=1S/C30H41NO8SSi/c1-17-9-11-19(12-10-17)40(33,34)31-15-18-13-21-22(36-16-35-21)14-20(18)23-24(31)26-28(38-30(5,6)37-26)27(25(23)32)39-41(7,8)29(2,3)4/h9-14,23-28,32H,15-16H2,1-8H3/t23-,24+,25+,26-,27-,28-/m0/s1. The van der Waals surface area contributed by atoms with Crippen LogP contribution in [0.25, 0.3) is 0 Å². The van der Waals surface area contributed by atoms with E-state index in [0.29, 0.717) is 11.5 Å². The molecule has 1 saturated carbocycles. The maximum Gasteiger partial charge on any atom is 0.243 e. The normalized spacial score (nSPS) is 31.0. The maximum absolute atomic E-state index is 14.4. The number of rotatable bonds is 4. The van der Waals surface area contributed by atoms with Crippen LogP contribution in [0, 0.1) is 6.92 Å². The first-order valence-electron chi connectivity index (χ1n) is 14.2. The number of nitrogens with zero attached hydrogens (tertiary/aromatic N) is 1. The number of hydrogen-bond acceptors (Lipinski definition) is 8. The lowest BCUT2D eigenvalue weighted by Gasteiger charge is -2.53. The highest BCUT2D eigenvalue weighted by atomic mass is 32.2. The molecule has 0 bridgehead atoms. The number of sulfonamides is 1. The van der Waals surface area contributed by atoms with Gasteiger partial charge in [-0.05, 0) is 74.3 Å². The second kappa shape index (κ2) is 9.50. The molecule has 11 heteroatoms. The van der Waals surface area contributed by atoms with Crippen molar-refractivity contribution in [1.82, 2.24) is 4.31 Å². The largest absolute Gasteiger partial charge is 0.454 e. The minimum atomic E-state index is -4.00. The first kappa shape index (κ1) is 29.1. The number of ether oxygens (including phenoxy) is 4. The summed E-state index contributed by atoms with van der Waals surface area (Å²) in [7, 11) is -6.39. The average Bonchev–Trinajstić information content (AvgIpc) is 3.46. The van der Waals surface area contributed by atoms with Gasteiger partial charge in [0.15, 0.2) is 25.6 Å². The molecular weight excluding hydrogens is 562 g/mol. The number of fused-ring (bicyclic) bond motifs is 6. The highest BCUT2D eigenvalue weighted by Gasteiger charge is 2.64. The van der Waals surface area contributed by atoms with Gasteiger partial charge in [0.1, 0.15) is 18.3 Å². The zero-order valence-corrected chi connectivity index (χ0v) is 26.8. The molecule has 2 aromatic carbocycles. The van der Waals surface area contributed by atoms with Gasteiger partial charge in [-0.25, -0.2) is 8.42 Å². The van der Waals surface area contributed by atoms with Crippen molar-refractivity contribution in [3.8, 4) is 11.5 Å². The van der Waals surface area contributed by atoms with Gasteiger partial charge in [-0.3, -0.25) is 0 Å². The van der Waals surface area contributed by atoms with E-state index in [1.807, 2.05) is 32.9 Å². The molecule has 6 rings (SSSR count). The molecule has 3 aliphatic heterocycles. The fourth-order valence-corrected chi connectivity index (χ4v) is 9.26. The Morgan fingerprint density at radius 2 is 1.63 bits per heavy atom. The van der Waals surface area contributed by atoms with Crippen LogP contribution in [0.3, 0.4) is 0 Å². The molecule has 2 fully saturated rings. The molecule has 0 unspecified atom stereocenters. The van der Waals surface area contributed by atoms with Crippen LogP contribution in [-0.2, 0) is 30.5 Å². The maximum atomic E-state index is 14.4. The summed E-state index contributed by atoms with van der Waals surface area (Å²) >= 11 is 0. The molecule has 1 N–H and O–H groups in total. The van der Waals surface area contributed by atoms with Crippen molar-refractivity contribution in [3.05, 3.63) is 53.1 Å². The van der Waals surface area contributed by atoms with Crippen molar-refractivity contribution >= 4 is 18.3 Å². The molecule has 3 heterocycles. The number of aryl methyl sites for hydroxylation is 1. The van der Waals surface area contributed by atoms with E-state index in [-0.39, 0.29) is 23.3 Å². The number of aliphatic hydroxyl groups excluding tert-OH is 1. The first-order valence-corrected chi connectivity index (χ1v) is 18.6. The highest BCUT2D eigenvalue weighted by molar-refractivity contribution is 7.89. The number of aliphatic hydroxyl groups is 1. The van der Waals surface area contributed by atoms with E-state index in [2.05, 4.69) is 33.9 Å². The van der Waals surface area contributed by atoms with Gasteiger partial charge < -0.3 is 28.5 Å². The second-order valence-electron chi connectivity index (χ2n) is 13.7. The Bertz CT molecular complexity index is 1450. The van der Waals surface area contributed by atoms with E-state index in [4.69, 9.17) is 23.4 Å². The quantitative estimate of drug-likeness (QED) is 0.504. The summed E-state index contributed by atoms with van der Waals surface area (Å²) in [6, 6.07) is 9.83. The molecule has 0 amide bonds. The molecule has 0 radical (unpaired) electrons. The Hall–Kier alpha value is -1.99. The minimum Gasteiger partial charge on any atom is -0.454 e. The topological polar surface area (TPSA) is 104 Å². The summed E-state index contributed by atoms with van der Waals surface area (Å²) in [4.78, 5) is 0.190. The Morgan fingerprint density at radius 3 is 2.27 bits per heavy atom. The highest BCUT2D eigenvalue weighted by Crippen LogP contribution is 2.53. The Morgan fingerprint density at radius 1 is 1.02 bits per heavy atom. The molecule has 4 aliphatic rings. The van der Waals surface area contributed by atoms with Crippen molar-refractivity contribution < 1.29 is 36.9 Å². The summed E-state index contributed by atoms with van der Waals surface area (Å²) in [5, 5.41) is 12.1. The second-order valence-corrected chi connectivity index (χ2v) is 20.3. The predicted octanol–water partition coefficient (Wildman–Crippen LogP) is 4.67. The van der Waals surface area contributed by atoms with Gasteiger partial charge in [0.05, 0.1) is 17.0 Å². The minimum absolute atomic E-state index is 0.0905. The van der Waals surface area contributed by atoms with Crippen molar-refractivity contribution in [1.29, 1.82) is 0 Å². The van der Waals surface area contributed by atoms with E-state index in [1.54, 1.807) is 24.3 Å². The van der Waals surface area contributed by atoms with Crippen molar-refractivity contribution in [2.24, 2.45) is 0 Å². The lowest BCUT2D eigenvalue weighted by molar-refractivity contribution is -0.157. The van der Waals surface area contributed by atoms with Crippen molar-refractivity contribution in [2.75, 3.05) is 6.79 Å². The molecule has 0 aromatic heterocycles. The lowest BCUT2D eigenvalue weighted by Crippen LogP contribution is -2.67. The molecule has 1 saturated heterocycles. The zero-order valence-electron chi connectivity index (χ0n) is 25.0. The molecule has 2 aromatic rings. The van der Waals surface area contributed by atoms with Gasteiger partial charge in [0.2, 0.25) is 16.8 Å². The summed E-state index contributed by atoms with van der Waals surface area (Å²) in [5.74, 6) is -0.499. The number of benzene rings is 2. The van der Waals surface area contributed by atoms with Crippen LogP contribution in [0.15, 0.2) is 41.3 Å². The molecule has 1 aliphatic carbocycles. The number of hydrogen-bond donors (Lipinski definition) is 1. The van der Waals surface area contributed by atoms with Crippen LogP contribution in [0.5, 0.6) is 11.5 Å². The monoisotopic (exact) mass is 603 g/mol. The van der Waals surface area contributed by atoms with Crippen LogP contribution >= 0.6 is 0 Å². The Kier molecular flexibility index (Phi) is 6.74. The van der Waals surface area contributed by atoms with E-state index in [9.17, 15) is 13.5 Å². The molecular formula is C30H41NO8SSi. The zero-order chi connectivity index (χ0) is 29.7. The average molecular weight is 604 g/mol. The molecule has 9 nitrogen and oxygen atoms in total. The summed E-state index contributed by atoms with van der Waals surface area (Å²) in [6.07, 6.45) is -3.12. The van der Waals surface area contributed by atoms with Gasteiger partial charge in [0, 0.05) is 12.5 Å². The molecule has 0 spiro atoms. The third kappa shape index (κ3) is 4.74. The third-order valence-electron chi connectivity index (χ3n) is 9.41. The van der Waals surface area contributed by atoms with E-state index >= 15 is 0 Å². The van der Waals surface area contributed by atoms with Crippen molar-refractivity contribution in [3.63, 3.8) is 0 Å². The van der Waals surface area contributed by atoms with Gasteiger partial charge in [0.25, 0.3) is 0 Å². The Balaban J connectivity index is 1.53. The van der Waals surface area contributed by atoms with Crippen LogP contribution < -0.4 is 9.47 Å². The fraction of sp³-hybridized carbons (Fsp3) is 0.600. The summed E-state index contributed by atoms with van der Waals surface area (Å²) in [6.45, 7) is 16.5. The van der Waals surface area contributed by atoms with Crippen LogP contribution in [0.4, 0.5) is 0 Å². The van der Waals surface area contributed by atoms with Crippen LogP contribution in [-0.4, -0.2) is 69.2 Å². The van der Waals surface area contributed by atoms with Gasteiger partial charge >= 0.3 is 0 Å². The van der Waals surface area contributed by atoms with E-state index < -0.39 is 60.5 Å². The SMILES string of the molecule is Cc1ccc(S(=O)(=O)N2Cc3cc4c(cc3[C@@H]3[C@@H](O)[C@H](O[Si](C)(C)C(C)(C)C)[C@H]5OC(C)(C)O[C@H]5[C@@H]32)OCO4)cc1. The third-order valence-corrected chi connectivity index (χ3v) is 15.7. The Labute approximate surface area is 243 Å². The molecule has 224 valence electrons. The smallest absolute Gasteiger partial charge is 0.243 e. The predicted molar refractivity (Wildman–Crippen MR) is 155 cm³/mol. The van der Waals surface area contributed by atoms with E-state index in [1.165, 1.54) is 4.31 Å². The van der Waals surface area contributed by atoms with Crippen molar-refractivity contribution in [2.45, 2.75) is 113 Å². The van der Waals surface area contributed by atoms with E-state index in [0.717, 1.165) is 16.7 Å². The summed E-state index contributed by atoms with van der Waals surface area (Å²) in [5.41, 5.74) is 2.54. The first-order chi connectivity index (χ1) is 19.0.